The van der Waals surface area contributed by atoms with Crippen LogP contribution in [0.2, 0.25) is 0 Å². The van der Waals surface area contributed by atoms with E-state index in [0.29, 0.717) is 18.2 Å². The van der Waals surface area contributed by atoms with E-state index in [1.165, 1.54) is 10.5 Å². The van der Waals surface area contributed by atoms with Gasteiger partial charge in [-0.15, -0.1) is 18.2 Å². The number of carbonyl (C=O) groups excluding carboxylic acids is 1. The molecular weight excluding hydrogens is 270 g/mol. The van der Waals surface area contributed by atoms with Gasteiger partial charge in [0.15, 0.2) is 0 Å². The first-order chi connectivity index (χ1) is 9.70. The van der Waals surface area contributed by atoms with Crippen LogP contribution in [0.25, 0.3) is 0 Å². The van der Waals surface area contributed by atoms with Crippen LogP contribution in [0, 0.1) is 12.3 Å². The van der Waals surface area contributed by atoms with E-state index in [1.807, 2.05) is 6.07 Å². The van der Waals surface area contributed by atoms with Crippen LogP contribution in [-0.4, -0.2) is 24.8 Å². The Morgan fingerprint density at radius 3 is 3.20 bits per heavy atom. The van der Waals surface area contributed by atoms with Crippen molar-refractivity contribution in [3.05, 3.63) is 23.8 Å². The molecule has 1 aromatic carbocycles. The first-order valence-electron chi connectivity index (χ1n) is 6.78. The van der Waals surface area contributed by atoms with Crippen LogP contribution in [0.15, 0.2) is 23.1 Å². The normalized spacial score (nSPS) is 16.7. The topological polar surface area (TPSA) is 38.3 Å². The summed E-state index contributed by atoms with van der Waals surface area (Å²) in [5.41, 5.74) is 1.24. The number of rotatable bonds is 5. The van der Waals surface area contributed by atoms with Crippen molar-refractivity contribution in [3.63, 3.8) is 0 Å². The lowest BCUT2D eigenvalue weighted by Crippen LogP contribution is -2.24. The zero-order chi connectivity index (χ0) is 14.4. The van der Waals surface area contributed by atoms with Gasteiger partial charge in [0.1, 0.15) is 5.75 Å². The Hall–Kier alpha value is -1.60. The Labute approximate surface area is 124 Å². The molecule has 0 fully saturated rings. The summed E-state index contributed by atoms with van der Waals surface area (Å²) in [5, 5.41) is 2.86. The van der Waals surface area contributed by atoms with E-state index in [4.69, 9.17) is 11.2 Å². The molecule has 3 nitrogen and oxygen atoms in total. The highest BCUT2D eigenvalue weighted by molar-refractivity contribution is 7.99. The lowest BCUT2D eigenvalue weighted by molar-refractivity contribution is -0.118. The second kappa shape index (κ2) is 7.25. The van der Waals surface area contributed by atoms with Crippen LogP contribution in [0.4, 0.5) is 0 Å². The van der Waals surface area contributed by atoms with Gasteiger partial charge in [-0.2, -0.15) is 0 Å². The second-order valence-corrected chi connectivity index (χ2v) is 5.85. The summed E-state index contributed by atoms with van der Waals surface area (Å²) in [6.07, 6.45) is 7.24. The number of ether oxygens (including phenoxy) is 1. The predicted octanol–water partition coefficient (Wildman–Crippen LogP) is 2.80. The van der Waals surface area contributed by atoms with Gasteiger partial charge in [0.05, 0.1) is 12.4 Å². The van der Waals surface area contributed by atoms with Crippen LogP contribution in [0.1, 0.15) is 31.2 Å². The number of carbonyl (C=O) groups is 1. The average molecular weight is 289 g/mol. The highest BCUT2D eigenvalue weighted by Gasteiger charge is 2.21. The highest BCUT2D eigenvalue weighted by atomic mass is 32.2. The number of amides is 1. The maximum Gasteiger partial charge on any atom is 0.216 e. The molecule has 1 atom stereocenters. The fraction of sp³-hybridized carbons (Fsp3) is 0.438. The van der Waals surface area contributed by atoms with Crippen molar-refractivity contribution in [3.8, 4) is 18.1 Å². The average Bonchev–Trinajstić information content (AvgIpc) is 2.45. The Kier molecular flexibility index (Phi) is 5.37. The molecule has 1 aliphatic rings. The monoisotopic (exact) mass is 289 g/mol. The maximum absolute atomic E-state index is 10.9. The minimum Gasteiger partial charge on any atom is -0.493 e. The zero-order valence-electron chi connectivity index (χ0n) is 11.6. The predicted molar refractivity (Wildman–Crippen MR) is 82.2 cm³/mol. The number of thioether (sulfide) groups is 1. The fourth-order valence-corrected chi connectivity index (χ4v) is 3.01. The van der Waals surface area contributed by atoms with E-state index < -0.39 is 0 Å². The third kappa shape index (κ3) is 3.94. The molecule has 0 bridgehead atoms. The molecule has 0 aromatic heterocycles. The Morgan fingerprint density at radius 1 is 1.60 bits per heavy atom. The molecule has 1 amide bonds. The lowest BCUT2D eigenvalue weighted by atomic mass is 9.90. The molecule has 0 radical (unpaired) electrons. The van der Waals surface area contributed by atoms with E-state index in [2.05, 4.69) is 23.4 Å². The zero-order valence-corrected chi connectivity index (χ0v) is 12.5. The summed E-state index contributed by atoms with van der Waals surface area (Å²) >= 11 is 1.66. The molecule has 1 aliphatic heterocycles. The molecular formula is C16H19NO2S. The van der Waals surface area contributed by atoms with Crippen molar-refractivity contribution >= 4 is 17.7 Å². The minimum atomic E-state index is 0.0237. The molecule has 1 aromatic rings. The molecule has 1 heterocycles. The summed E-state index contributed by atoms with van der Waals surface area (Å²) in [5.74, 6) is 4.75. The summed E-state index contributed by atoms with van der Waals surface area (Å²) in [6, 6.07) is 6.25. The summed E-state index contributed by atoms with van der Waals surface area (Å²) < 4.78 is 5.70. The first kappa shape index (κ1) is 14.8. The van der Waals surface area contributed by atoms with Gasteiger partial charge in [0.25, 0.3) is 0 Å². The van der Waals surface area contributed by atoms with Crippen molar-refractivity contribution in [1.29, 1.82) is 0 Å². The van der Waals surface area contributed by atoms with Crippen molar-refractivity contribution in [2.75, 3.05) is 18.9 Å². The summed E-state index contributed by atoms with van der Waals surface area (Å²) in [6.45, 7) is 3.00. The smallest absolute Gasteiger partial charge is 0.216 e. The number of nitrogens with one attached hydrogen (secondary N) is 1. The van der Waals surface area contributed by atoms with Crippen LogP contribution in [0.5, 0.6) is 5.75 Å². The van der Waals surface area contributed by atoms with E-state index in [1.54, 1.807) is 18.7 Å². The molecule has 0 saturated carbocycles. The van der Waals surface area contributed by atoms with Gasteiger partial charge in [-0.3, -0.25) is 4.79 Å². The van der Waals surface area contributed by atoms with Crippen molar-refractivity contribution in [2.24, 2.45) is 0 Å². The van der Waals surface area contributed by atoms with Crippen molar-refractivity contribution in [1.82, 2.24) is 5.32 Å². The van der Waals surface area contributed by atoms with Gasteiger partial charge in [-0.05, 0) is 42.5 Å². The third-order valence-electron chi connectivity index (χ3n) is 3.33. The molecule has 2 rings (SSSR count). The van der Waals surface area contributed by atoms with E-state index in [-0.39, 0.29) is 5.91 Å². The van der Waals surface area contributed by atoms with Crippen LogP contribution < -0.4 is 10.1 Å². The number of hydrogen-bond acceptors (Lipinski definition) is 3. The van der Waals surface area contributed by atoms with E-state index >= 15 is 0 Å². The van der Waals surface area contributed by atoms with Crippen molar-refractivity contribution in [2.45, 2.75) is 30.6 Å². The Morgan fingerprint density at radius 2 is 2.45 bits per heavy atom. The number of terminal acetylenes is 1. The molecule has 0 saturated heterocycles. The molecule has 0 aliphatic carbocycles. The van der Waals surface area contributed by atoms with Gasteiger partial charge >= 0.3 is 0 Å². The van der Waals surface area contributed by atoms with Crippen LogP contribution in [0.3, 0.4) is 0 Å². The van der Waals surface area contributed by atoms with Crippen LogP contribution in [-0.2, 0) is 4.79 Å². The summed E-state index contributed by atoms with van der Waals surface area (Å²) in [4.78, 5) is 12.1. The minimum absolute atomic E-state index is 0.0237. The molecule has 0 spiro atoms. The Balaban J connectivity index is 2.07. The SMILES string of the molecule is C#CCSc1ccc2c(c1)C(CCNC(C)=O)CCO2. The molecule has 20 heavy (non-hydrogen) atoms. The third-order valence-corrected chi connectivity index (χ3v) is 4.23. The van der Waals surface area contributed by atoms with Gasteiger partial charge in [-0.1, -0.05) is 5.92 Å². The quantitative estimate of drug-likeness (QED) is 0.669. The number of fused-ring (bicyclic) bond motifs is 1. The number of hydrogen-bond donors (Lipinski definition) is 1. The highest BCUT2D eigenvalue weighted by Crippen LogP contribution is 2.37. The molecule has 1 N–H and O–H groups in total. The van der Waals surface area contributed by atoms with E-state index in [0.717, 1.165) is 25.2 Å². The lowest BCUT2D eigenvalue weighted by Gasteiger charge is -2.26. The second-order valence-electron chi connectivity index (χ2n) is 4.80. The molecule has 106 valence electrons. The van der Waals surface area contributed by atoms with Gasteiger partial charge in [0.2, 0.25) is 5.91 Å². The van der Waals surface area contributed by atoms with Crippen molar-refractivity contribution < 1.29 is 9.53 Å². The largest absolute Gasteiger partial charge is 0.493 e. The number of benzene rings is 1. The fourth-order valence-electron chi connectivity index (χ4n) is 2.38. The standard InChI is InChI=1S/C16H19NO2S/c1-3-10-20-14-4-5-16-15(11-14)13(7-9-19-16)6-8-17-12(2)18/h1,4-5,11,13H,6-10H2,2H3,(H,17,18). The first-order valence-corrected chi connectivity index (χ1v) is 7.76. The van der Waals surface area contributed by atoms with Crippen LogP contribution >= 0.6 is 11.8 Å². The van der Waals surface area contributed by atoms with Gasteiger partial charge in [-0.25, -0.2) is 0 Å². The molecule has 4 heteroatoms. The summed E-state index contributed by atoms with van der Waals surface area (Å²) in [7, 11) is 0. The van der Waals surface area contributed by atoms with E-state index in [9.17, 15) is 4.79 Å². The maximum atomic E-state index is 10.9. The Bertz CT molecular complexity index is 522. The van der Waals surface area contributed by atoms with Gasteiger partial charge < -0.3 is 10.1 Å². The molecule has 1 unspecified atom stereocenters. The van der Waals surface area contributed by atoms with Gasteiger partial charge in [0, 0.05) is 18.4 Å².